The fourth-order valence-corrected chi connectivity index (χ4v) is 5.31. The predicted octanol–water partition coefficient (Wildman–Crippen LogP) is 3.14. The zero-order valence-corrected chi connectivity index (χ0v) is 13.3. The molecule has 0 radical (unpaired) electrons. The van der Waals surface area contributed by atoms with E-state index in [9.17, 15) is 4.79 Å². The summed E-state index contributed by atoms with van der Waals surface area (Å²) < 4.78 is 5.42. The van der Waals surface area contributed by atoms with Crippen LogP contribution in [0.3, 0.4) is 0 Å². The van der Waals surface area contributed by atoms with Crippen molar-refractivity contribution in [1.82, 2.24) is 5.32 Å². The van der Waals surface area contributed by atoms with Gasteiger partial charge in [0.1, 0.15) is 0 Å². The lowest BCUT2D eigenvalue weighted by Crippen LogP contribution is -2.35. The van der Waals surface area contributed by atoms with Crippen molar-refractivity contribution in [2.24, 2.45) is 23.2 Å². The van der Waals surface area contributed by atoms with E-state index in [1.54, 1.807) is 0 Å². The van der Waals surface area contributed by atoms with E-state index in [1.165, 1.54) is 24.8 Å². The lowest BCUT2D eigenvalue weighted by atomic mass is 9.85. The standard InChI is InChI=1S/C19H25NO2/c1-2-22-18(21)19-11-16(19)17(14-9-6-10-15(14)19)20-12-13-7-4-3-5-8-13/h3-5,7-8,14-17,20H,2,6,9-12H2,1H3/t14-,15+,16-,17-,19-/m0/s1. The third kappa shape index (κ3) is 2.02. The Labute approximate surface area is 132 Å². The van der Waals surface area contributed by atoms with Crippen LogP contribution in [0.15, 0.2) is 30.3 Å². The molecule has 0 saturated heterocycles. The van der Waals surface area contributed by atoms with E-state index in [4.69, 9.17) is 4.74 Å². The lowest BCUT2D eigenvalue weighted by molar-refractivity contribution is -0.152. The van der Waals surface area contributed by atoms with Crippen molar-refractivity contribution >= 4 is 5.97 Å². The third-order valence-corrected chi connectivity index (χ3v) is 6.23. The molecule has 0 bridgehead atoms. The maximum Gasteiger partial charge on any atom is 0.312 e. The minimum absolute atomic E-state index is 0.0842. The maximum atomic E-state index is 12.5. The Kier molecular flexibility index (Phi) is 3.48. The van der Waals surface area contributed by atoms with E-state index in [2.05, 4.69) is 35.6 Å². The van der Waals surface area contributed by atoms with Gasteiger partial charge in [0.2, 0.25) is 0 Å². The fraction of sp³-hybridized carbons (Fsp3) is 0.632. The van der Waals surface area contributed by atoms with Gasteiger partial charge >= 0.3 is 5.97 Å². The highest BCUT2D eigenvalue weighted by atomic mass is 16.5. The highest BCUT2D eigenvalue weighted by Gasteiger charge is 2.75. The Morgan fingerprint density at radius 2 is 2.09 bits per heavy atom. The summed E-state index contributed by atoms with van der Waals surface area (Å²) in [5, 5.41) is 3.77. The molecule has 3 saturated carbocycles. The number of rotatable bonds is 5. The van der Waals surface area contributed by atoms with Crippen molar-refractivity contribution in [2.75, 3.05) is 6.61 Å². The molecule has 3 fully saturated rings. The second-order valence-electron chi connectivity index (χ2n) is 7.16. The molecule has 3 aliphatic carbocycles. The second-order valence-corrected chi connectivity index (χ2v) is 7.16. The van der Waals surface area contributed by atoms with Crippen LogP contribution in [-0.2, 0) is 16.1 Å². The molecule has 0 spiro atoms. The summed E-state index contributed by atoms with van der Waals surface area (Å²) in [6, 6.07) is 11.1. The van der Waals surface area contributed by atoms with Gasteiger partial charge in [-0.1, -0.05) is 36.8 Å². The summed E-state index contributed by atoms with van der Waals surface area (Å²) >= 11 is 0. The Morgan fingerprint density at radius 1 is 1.27 bits per heavy atom. The first-order chi connectivity index (χ1) is 10.8. The first kappa shape index (κ1) is 14.3. The first-order valence-electron chi connectivity index (χ1n) is 8.72. The van der Waals surface area contributed by atoms with Crippen molar-refractivity contribution in [3.05, 3.63) is 35.9 Å². The van der Waals surface area contributed by atoms with Crippen molar-refractivity contribution in [3.8, 4) is 0 Å². The highest BCUT2D eigenvalue weighted by molar-refractivity contribution is 5.82. The summed E-state index contributed by atoms with van der Waals surface area (Å²) in [4.78, 5) is 12.5. The number of fused-ring (bicyclic) bond motifs is 3. The number of carbonyl (C=O) groups excluding carboxylic acids is 1. The van der Waals surface area contributed by atoms with E-state index >= 15 is 0 Å². The van der Waals surface area contributed by atoms with E-state index in [1.807, 2.05) is 6.92 Å². The lowest BCUT2D eigenvalue weighted by Gasteiger charge is -2.25. The number of benzene rings is 1. The molecular weight excluding hydrogens is 274 g/mol. The van der Waals surface area contributed by atoms with Gasteiger partial charge in [0, 0.05) is 12.6 Å². The van der Waals surface area contributed by atoms with Crippen LogP contribution in [0.2, 0.25) is 0 Å². The summed E-state index contributed by atoms with van der Waals surface area (Å²) in [5.74, 6) is 1.82. The summed E-state index contributed by atoms with van der Waals surface area (Å²) in [6.07, 6.45) is 4.80. The Hall–Kier alpha value is -1.35. The van der Waals surface area contributed by atoms with Crippen molar-refractivity contribution in [3.63, 3.8) is 0 Å². The number of hydrogen-bond acceptors (Lipinski definition) is 3. The monoisotopic (exact) mass is 299 g/mol. The summed E-state index contributed by atoms with van der Waals surface area (Å²) in [5.41, 5.74) is 1.19. The van der Waals surface area contributed by atoms with Crippen LogP contribution in [0.4, 0.5) is 0 Å². The van der Waals surface area contributed by atoms with Gasteiger partial charge in [0.05, 0.1) is 12.0 Å². The number of ether oxygens (including phenoxy) is 1. The smallest absolute Gasteiger partial charge is 0.312 e. The van der Waals surface area contributed by atoms with Gasteiger partial charge in [0.25, 0.3) is 0 Å². The molecule has 0 heterocycles. The van der Waals surface area contributed by atoms with Crippen LogP contribution >= 0.6 is 0 Å². The minimum Gasteiger partial charge on any atom is -0.466 e. The average molecular weight is 299 g/mol. The number of nitrogens with one attached hydrogen (secondary N) is 1. The Balaban J connectivity index is 1.49. The molecule has 0 unspecified atom stereocenters. The van der Waals surface area contributed by atoms with E-state index in [-0.39, 0.29) is 11.4 Å². The van der Waals surface area contributed by atoms with Gasteiger partial charge in [-0.15, -0.1) is 0 Å². The van der Waals surface area contributed by atoms with Crippen molar-refractivity contribution < 1.29 is 9.53 Å². The molecule has 0 aromatic heterocycles. The molecule has 0 amide bonds. The second kappa shape index (κ2) is 5.38. The highest BCUT2D eigenvalue weighted by Crippen LogP contribution is 2.72. The van der Waals surface area contributed by atoms with Crippen LogP contribution in [0.1, 0.15) is 38.2 Å². The molecule has 0 aliphatic heterocycles. The molecule has 118 valence electrons. The molecule has 5 atom stereocenters. The maximum absolute atomic E-state index is 12.5. The molecule has 1 N–H and O–H groups in total. The normalized spacial score (nSPS) is 38.4. The van der Waals surface area contributed by atoms with Gasteiger partial charge in [-0.2, -0.15) is 0 Å². The number of esters is 1. The Morgan fingerprint density at radius 3 is 2.86 bits per heavy atom. The van der Waals surface area contributed by atoms with Crippen LogP contribution in [0, 0.1) is 23.2 Å². The van der Waals surface area contributed by atoms with Gasteiger partial charge in [-0.05, 0) is 49.5 Å². The summed E-state index contributed by atoms with van der Waals surface area (Å²) in [6.45, 7) is 3.33. The predicted molar refractivity (Wildman–Crippen MR) is 85.1 cm³/mol. The minimum atomic E-state index is -0.133. The Bertz CT molecular complexity index is 558. The molecule has 22 heavy (non-hydrogen) atoms. The van der Waals surface area contributed by atoms with Crippen LogP contribution < -0.4 is 5.32 Å². The average Bonchev–Trinajstić information content (AvgIpc) is 2.97. The van der Waals surface area contributed by atoms with Crippen LogP contribution in [0.25, 0.3) is 0 Å². The molecule has 4 rings (SSSR count). The fourth-order valence-electron chi connectivity index (χ4n) is 5.31. The quantitative estimate of drug-likeness (QED) is 0.849. The third-order valence-electron chi connectivity index (χ3n) is 6.23. The molecule has 3 nitrogen and oxygen atoms in total. The molecule has 1 aromatic rings. The summed E-state index contributed by atoms with van der Waals surface area (Å²) in [7, 11) is 0. The first-order valence-corrected chi connectivity index (χ1v) is 8.72. The number of carbonyl (C=O) groups is 1. The van der Waals surface area contributed by atoms with E-state index < -0.39 is 0 Å². The topological polar surface area (TPSA) is 38.3 Å². The van der Waals surface area contributed by atoms with Crippen molar-refractivity contribution in [2.45, 2.75) is 45.2 Å². The van der Waals surface area contributed by atoms with Gasteiger partial charge < -0.3 is 10.1 Å². The van der Waals surface area contributed by atoms with E-state index in [0.29, 0.717) is 30.4 Å². The molecule has 3 aliphatic rings. The van der Waals surface area contributed by atoms with Crippen LogP contribution in [0.5, 0.6) is 0 Å². The zero-order chi connectivity index (χ0) is 15.2. The largest absolute Gasteiger partial charge is 0.466 e. The van der Waals surface area contributed by atoms with Gasteiger partial charge in [-0.25, -0.2) is 0 Å². The van der Waals surface area contributed by atoms with Gasteiger partial charge in [-0.3, -0.25) is 4.79 Å². The number of hydrogen-bond donors (Lipinski definition) is 1. The van der Waals surface area contributed by atoms with Crippen LogP contribution in [-0.4, -0.2) is 18.6 Å². The SMILES string of the molecule is CCOC(=O)[C@]12C[C@H]1[C@@H](NCc1ccccc1)[C@H]1CCC[C@H]12. The van der Waals surface area contributed by atoms with E-state index in [0.717, 1.165) is 13.0 Å². The zero-order valence-electron chi connectivity index (χ0n) is 13.3. The molecular formula is C19H25NO2. The van der Waals surface area contributed by atoms with Crippen molar-refractivity contribution in [1.29, 1.82) is 0 Å². The molecule has 1 aromatic carbocycles. The molecule has 3 heteroatoms. The van der Waals surface area contributed by atoms with Gasteiger partial charge in [0.15, 0.2) is 0 Å².